The summed E-state index contributed by atoms with van der Waals surface area (Å²) in [5.41, 5.74) is 8.27. The van der Waals surface area contributed by atoms with Crippen LogP contribution >= 0.6 is 7.14 Å². The van der Waals surface area contributed by atoms with Crippen LogP contribution in [0, 0.1) is 0 Å². The Kier molecular flexibility index (Phi) is 6.08. The summed E-state index contributed by atoms with van der Waals surface area (Å²) < 4.78 is 18.4. The number of para-hydroxylation sites is 1. The molecule has 9 rings (SSSR count). The van der Waals surface area contributed by atoms with Crippen LogP contribution in [0.1, 0.15) is 24.3 Å². The van der Waals surface area contributed by atoms with E-state index in [4.69, 9.17) is 0 Å². The van der Waals surface area contributed by atoms with Gasteiger partial charge in [-0.1, -0.05) is 140 Å². The maximum absolute atomic E-state index is 15.9. The van der Waals surface area contributed by atoms with Gasteiger partial charge in [-0.2, -0.15) is 0 Å². The Morgan fingerprint density at radius 3 is 2.27 bits per heavy atom. The van der Waals surface area contributed by atoms with Gasteiger partial charge < -0.3 is 9.13 Å². The Balaban J connectivity index is 1.39. The summed E-state index contributed by atoms with van der Waals surface area (Å²) in [5.74, 6) is 0.134. The van der Waals surface area contributed by atoms with Gasteiger partial charge in [-0.25, -0.2) is 0 Å². The number of allylic oxidation sites excluding steroid dienone is 2. The third kappa shape index (κ3) is 3.92. The van der Waals surface area contributed by atoms with Gasteiger partial charge >= 0.3 is 0 Å². The number of benzene rings is 6. The van der Waals surface area contributed by atoms with Gasteiger partial charge in [-0.05, 0) is 53.1 Å². The molecule has 7 aromatic rings. The van der Waals surface area contributed by atoms with Crippen LogP contribution in [0.15, 0.2) is 158 Å². The van der Waals surface area contributed by atoms with E-state index in [1.54, 1.807) is 0 Å². The van der Waals surface area contributed by atoms with E-state index in [0.29, 0.717) is 0 Å². The second-order valence-corrected chi connectivity index (χ2v) is 15.2. The molecular formula is C42H32NOP. The molecule has 0 saturated heterocycles. The standard InChI is InChI=1S/C42H32NOP/c44-45(32-17-5-2-6-18-32)39-24-11-8-20-35(39)41-34-19-7-10-22-38(34)43(42(41)36-21-9-12-25-40(36)45)37-23-13-16-31-28-30(26-27-33(31)37)29-14-3-1-4-15-29/h1-7,9-19,21-28,35,39H,8,20H2. The molecule has 2 nitrogen and oxygen atoms in total. The van der Waals surface area contributed by atoms with Gasteiger partial charge in [0.2, 0.25) is 0 Å². The summed E-state index contributed by atoms with van der Waals surface area (Å²) in [4.78, 5) is 0. The van der Waals surface area contributed by atoms with Crippen LogP contribution in [0.25, 0.3) is 49.7 Å². The molecule has 1 aromatic heterocycles. The van der Waals surface area contributed by atoms with E-state index in [1.165, 1.54) is 44.1 Å². The van der Waals surface area contributed by atoms with Crippen LogP contribution in [0.3, 0.4) is 0 Å². The number of hydrogen-bond acceptors (Lipinski definition) is 1. The van der Waals surface area contributed by atoms with E-state index >= 15 is 4.57 Å². The number of rotatable bonds is 3. The normalized spacial score (nSPS) is 20.4. The zero-order chi connectivity index (χ0) is 30.0. The Morgan fingerprint density at radius 1 is 0.644 bits per heavy atom. The number of fused-ring (bicyclic) bond motifs is 8. The molecule has 0 spiro atoms. The van der Waals surface area contributed by atoms with Crippen LogP contribution in [0.4, 0.5) is 0 Å². The van der Waals surface area contributed by atoms with Gasteiger partial charge in [0.25, 0.3) is 0 Å². The van der Waals surface area contributed by atoms with Crippen molar-refractivity contribution in [2.24, 2.45) is 0 Å². The lowest BCUT2D eigenvalue weighted by Crippen LogP contribution is -2.29. The first-order valence-corrected chi connectivity index (χ1v) is 17.6. The van der Waals surface area contributed by atoms with Crippen LogP contribution in [-0.4, -0.2) is 10.2 Å². The molecule has 6 aromatic carbocycles. The summed E-state index contributed by atoms with van der Waals surface area (Å²) in [6.07, 6.45) is 6.51. The molecular weight excluding hydrogens is 565 g/mol. The van der Waals surface area contributed by atoms with E-state index in [9.17, 15) is 0 Å². The topological polar surface area (TPSA) is 22.0 Å². The predicted octanol–water partition coefficient (Wildman–Crippen LogP) is 10.2. The van der Waals surface area contributed by atoms with E-state index in [-0.39, 0.29) is 11.6 Å². The maximum atomic E-state index is 15.9. The van der Waals surface area contributed by atoms with E-state index < -0.39 is 7.14 Å². The van der Waals surface area contributed by atoms with E-state index in [1.807, 2.05) is 18.2 Å². The van der Waals surface area contributed by atoms with E-state index in [0.717, 1.165) is 34.7 Å². The molecule has 216 valence electrons. The molecule has 2 aliphatic rings. The fourth-order valence-electron chi connectivity index (χ4n) is 8.02. The van der Waals surface area contributed by atoms with Crippen molar-refractivity contribution in [1.82, 2.24) is 4.57 Å². The Morgan fingerprint density at radius 2 is 1.40 bits per heavy atom. The smallest absolute Gasteiger partial charge is 0.151 e. The molecule has 0 fully saturated rings. The number of aromatic nitrogens is 1. The average Bonchev–Trinajstić information content (AvgIpc) is 3.42. The lowest BCUT2D eigenvalue weighted by Gasteiger charge is -2.33. The summed E-state index contributed by atoms with van der Waals surface area (Å²) in [7, 11) is -3.06. The van der Waals surface area contributed by atoms with Crippen molar-refractivity contribution in [1.29, 1.82) is 0 Å². The first kappa shape index (κ1) is 26.5. The summed E-state index contributed by atoms with van der Waals surface area (Å²) in [6.45, 7) is 0. The number of nitrogens with zero attached hydrogens (tertiary/aromatic N) is 1. The largest absolute Gasteiger partial charge is 0.313 e. The highest BCUT2D eigenvalue weighted by molar-refractivity contribution is 7.79. The summed E-state index contributed by atoms with van der Waals surface area (Å²) in [6, 6.07) is 51.7. The first-order valence-electron chi connectivity index (χ1n) is 15.9. The maximum Gasteiger partial charge on any atom is 0.151 e. The van der Waals surface area contributed by atoms with Gasteiger partial charge in [-0.3, -0.25) is 0 Å². The van der Waals surface area contributed by atoms with Crippen molar-refractivity contribution in [3.63, 3.8) is 0 Å². The minimum Gasteiger partial charge on any atom is -0.313 e. The van der Waals surface area contributed by atoms with Crippen molar-refractivity contribution < 1.29 is 4.57 Å². The van der Waals surface area contributed by atoms with Gasteiger partial charge in [0.1, 0.15) is 0 Å². The molecule has 0 N–H and O–H groups in total. The fraction of sp³-hybridized carbons (Fsp3) is 0.0952. The van der Waals surface area contributed by atoms with Gasteiger partial charge in [0, 0.05) is 38.5 Å². The van der Waals surface area contributed by atoms with Crippen molar-refractivity contribution in [3.8, 4) is 28.1 Å². The van der Waals surface area contributed by atoms with E-state index in [2.05, 4.69) is 144 Å². The second kappa shape index (κ2) is 10.3. The molecule has 0 amide bonds. The minimum absolute atomic E-state index is 0.101. The van der Waals surface area contributed by atoms with Crippen molar-refractivity contribution in [2.45, 2.75) is 24.4 Å². The third-order valence-corrected chi connectivity index (χ3v) is 13.5. The zero-order valence-corrected chi connectivity index (χ0v) is 25.8. The monoisotopic (exact) mass is 597 g/mol. The van der Waals surface area contributed by atoms with Gasteiger partial charge in [0.15, 0.2) is 7.14 Å². The Hall–Kier alpha value is -4.91. The lowest BCUT2D eigenvalue weighted by molar-refractivity contribution is 0.559. The highest BCUT2D eigenvalue weighted by atomic mass is 31.2. The molecule has 3 atom stereocenters. The minimum atomic E-state index is -3.06. The molecule has 3 unspecified atom stereocenters. The zero-order valence-electron chi connectivity index (χ0n) is 24.9. The predicted molar refractivity (Wildman–Crippen MR) is 190 cm³/mol. The summed E-state index contributed by atoms with van der Waals surface area (Å²) >= 11 is 0. The highest BCUT2D eigenvalue weighted by Gasteiger charge is 2.47. The molecule has 2 heterocycles. The van der Waals surface area contributed by atoms with Crippen molar-refractivity contribution >= 4 is 39.4 Å². The van der Waals surface area contributed by atoms with Crippen LogP contribution in [0.5, 0.6) is 0 Å². The Bertz CT molecular complexity index is 2310. The highest BCUT2D eigenvalue weighted by Crippen LogP contribution is 2.62. The van der Waals surface area contributed by atoms with Crippen LogP contribution in [0.2, 0.25) is 0 Å². The SMILES string of the molecule is O=P1(c2ccccc2)c2ccccc2-c2c(c3ccccc3n2-c2cccc3cc(-c4ccccc4)ccc23)C2CCC=CC21. The van der Waals surface area contributed by atoms with Crippen molar-refractivity contribution in [3.05, 3.63) is 163 Å². The van der Waals surface area contributed by atoms with Crippen molar-refractivity contribution in [2.75, 3.05) is 0 Å². The molecule has 3 heteroatoms. The average molecular weight is 598 g/mol. The quantitative estimate of drug-likeness (QED) is 0.147. The number of hydrogen-bond donors (Lipinski definition) is 0. The molecule has 0 radical (unpaired) electrons. The molecule has 0 bridgehead atoms. The summed E-state index contributed by atoms with van der Waals surface area (Å²) in [5, 5.41) is 5.57. The van der Waals surface area contributed by atoms with Gasteiger partial charge in [0.05, 0.1) is 16.9 Å². The van der Waals surface area contributed by atoms with Crippen LogP contribution < -0.4 is 10.6 Å². The van der Waals surface area contributed by atoms with Crippen LogP contribution in [-0.2, 0) is 4.57 Å². The fourth-order valence-corrected chi connectivity index (χ4v) is 11.6. The molecule has 0 saturated carbocycles. The second-order valence-electron chi connectivity index (χ2n) is 12.3. The first-order chi connectivity index (χ1) is 22.2. The molecule has 45 heavy (non-hydrogen) atoms. The lowest BCUT2D eigenvalue weighted by atomic mass is 9.84. The third-order valence-electron chi connectivity index (χ3n) is 9.96. The molecule has 1 aliphatic carbocycles. The molecule has 1 aliphatic heterocycles. The Labute approximate surface area is 263 Å². The van der Waals surface area contributed by atoms with Gasteiger partial charge in [-0.15, -0.1) is 0 Å².